The minimum absolute atomic E-state index is 0.715. The maximum atomic E-state index is 3.60. The second kappa shape index (κ2) is 6.83. The molecule has 2 aliphatic heterocycles. The summed E-state index contributed by atoms with van der Waals surface area (Å²) in [6, 6.07) is 12.5. The first-order valence-corrected chi connectivity index (χ1v) is 9.69. The largest absolute Gasteiger partial charge is 0.316 e. The van der Waals surface area contributed by atoms with Gasteiger partial charge in [-0.1, -0.05) is 18.6 Å². The van der Waals surface area contributed by atoms with Crippen LogP contribution in [0.2, 0.25) is 0 Å². The molecule has 2 heterocycles. The first-order chi connectivity index (χ1) is 11.3. The molecule has 4 atom stereocenters. The molecule has 4 rings (SSSR count). The third kappa shape index (κ3) is 3.28. The van der Waals surface area contributed by atoms with Gasteiger partial charge in [-0.25, -0.2) is 0 Å². The van der Waals surface area contributed by atoms with Gasteiger partial charge in [-0.05, 0) is 88.5 Å². The number of hydrogen-bond acceptors (Lipinski definition) is 2. The molecule has 23 heavy (non-hydrogen) atoms. The van der Waals surface area contributed by atoms with E-state index in [2.05, 4.69) is 41.4 Å². The second-order valence-electron chi connectivity index (χ2n) is 7.96. The van der Waals surface area contributed by atoms with Crippen LogP contribution in [0.4, 0.5) is 0 Å². The Morgan fingerprint density at radius 1 is 1.13 bits per heavy atom. The lowest BCUT2D eigenvalue weighted by Gasteiger charge is -2.32. The highest BCUT2D eigenvalue weighted by molar-refractivity contribution is 5.21. The van der Waals surface area contributed by atoms with Gasteiger partial charge in [-0.2, -0.15) is 0 Å². The number of nitrogens with one attached hydrogen (secondary N) is 1. The topological polar surface area (TPSA) is 15.3 Å². The molecule has 1 N–H and O–H groups in total. The normalized spacial score (nSPS) is 34.3. The Kier molecular flexibility index (Phi) is 4.60. The molecule has 3 unspecified atom stereocenters. The van der Waals surface area contributed by atoms with Crippen molar-refractivity contribution in [3.05, 3.63) is 35.4 Å². The fourth-order valence-corrected chi connectivity index (χ4v) is 5.12. The highest BCUT2D eigenvalue weighted by atomic mass is 15.2. The molecule has 2 nitrogen and oxygen atoms in total. The van der Waals surface area contributed by atoms with Gasteiger partial charge < -0.3 is 10.2 Å². The Hall–Kier alpha value is -1.04. The summed E-state index contributed by atoms with van der Waals surface area (Å²) in [7, 11) is 0. The molecule has 0 amide bonds. The van der Waals surface area contributed by atoms with Crippen LogP contribution in [0.25, 0.3) is 0 Å². The lowest BCUT2D eigenvalue weighted by molar-refractivity contribution is 0.258. The van der Waals surface area contributed by atoms with Gasteiger partial charge in [0.15, 0.2) is 0 Å². The smallest absolute Gasteiger partial charge is 0.00675 e. The van der Waals surface area contributed by atoms with E-state index in [0.29, 0.717) is 5.92 Å². The lowest BCUT2D eigenvalue weighted by Crippen LogP contribution is -2.28. The Morgan fingerprint density at radius 3 is 2.87 bits per heavy atom. The summed E-state index contributed by atoms with van der Waals surface area (Å²) >= 11 is 0. The summed E-state index contributed by atoms with van der Waals surface area (Å²) in [5.41, 5.74) is 2.76. The van der Waals surface area contributed by atoms with Gasteiger partial charge in [-0.15, -0.1) is 0 Å². The van der Waals surface area contributed by atoms with Gasteiger partial charge in [0.25, 0.3) is 0 Å². The standard InChI is InChI=1S/C21H30N2/c1-16-4-3-12-23(16)13-11-17-7-9-18(10-8-17)20-6-2-5-19-14-22-15-21(19)20/h7,9,16,19-22H,2-6,11-15H2,1H3/t16-,19?,20?,21?/m1/s1. The van der Waals surface area contributed by atoms with E-state index in [9.17, 15) is 0 Å². The number of hydrogen-bond donors (Lipinski definition) is 1. The van der Waals surface area contributed by atoms with Crippen molar-refractivity contribution < 1.29 is 0 Å². The number of nitrogens with zero attached hydrogens (tertiary/aromatic N) is 1. The zero-order chi connectivity index (χ0) is 15.6. The summed E-state index contributed by atoms with van der Waals surface area (Å²) in [4.78, 5) is 2.62. The van der Waals surface area contributed by atoms with Gasteiger partial charge in [0.1, 0.15) is 0 Å². The Morgan fingerprint density at radius 2 is 2.09 bits per heavy atom. The van der Waals surface area contributed by atoms with Gasteiger partial charge >= 0.3 is 0 Å². The molecule has 0 aromatic heterocycles. The molecule has 1 aliphatic carbocycles. The van der Waals surface area contributed by atoms with Crippen LogP contribution in [0.5, 0.6) is 0 Å². The summed E-state index contributed by atoms with van der Waals surface area (Å²) < 4.78 is 0. The average molecular weight is 310 g/mol. The van der Waals surface area contributed by atoms with Crippen molar-refractivity contribution in [2.24, 2.45) is 11.8 Å². The molecule has 2 saturated heterocycles. The third-order valence-electron chi connectivity index (χ3n) is 6.59. The van der Waals surface area contributed by atoms with Gasteiger partial charge in [0.05, 0.1) is 0 Å². The number of fused-ring (bicyclic) bond motifs is 1. The first kappa shape index (κ1) is 15.5. The minimum atomic E-state index is 0.715. The second-order valence-corrected chi connectivity index (χ2v) is 7.96. The Balaban J connectivity index is 1.37. The molecular weight excluding hydrogens is 280 g/mol. The maximum absolute atomic E-state index is 3.60. The fraction of sp³-hybridized carbons (Fsp3) is 0.714. The van der Waals surface area contributed by atoms with E-state index in [0.717, 1.165) is 24.3 Å². The van der Waals surface area contributed by atoms with Crippen LogP contribution in [0.15, 0.2) is 12.1 Å². The number of rotatable bonds is 4. The number of likely N-dealkylation sites (tertiary alicyclic amines) is 1. The predicted octanol–water partition coefficient (Wildman–Crippen LogP) is 3.42. The molecule has 124 valence electrons. The van der Waals surface area contributed by atoms with E-state index in [4.69, 9.17) is 0 Å². The highest BCUT2D eigenvalue weighted by Crippen LogP contribution is 2.42. The Bertz CT molecular complexity index is 509. The van der Waals surface area contributed by atoms with Crippen molar-refractivity contribution in [2.75, 3.05) is 26.2 Å². The predicted molar refractivity (Wildman–Crippen MR) is 94.5 cm³/mol. The molecule has 2 heteroatoms. The molecule has 1 aromatic rings. The van der Waals surface area contributed by atoms with Gasteiger partial charge in [0, 0.05) is 23.7 Å². The van der Waals surface area contributed by atoms with Crippen LogP contribution in [0.1, 0.15) is 56.1 Å². The summed E-state index contributed by atoms with van der Waals surface area (Å²) in [5, 5.41) is 3.60. The fourth-order valence-electron chi connectivity index (χ4n) is 5.12. The van der Waals surface area contributed by atoms with E-state index in [1.165, 1.54) is 69.4 Å². The van der Waals surface area contributed by atoms with Crippen molar-refractivity contribution in [3.63, 3.8) is 0 Å². The minimum Gasteiger partial charge on any atom is -0.316 e. The van der Waals surface area contributed by atoms with E-state index < -0.39 is 0 Å². The van der Waals surface area contributed by atoms with Crippen LogP contribution in [0.3, 0.4) is 0 Å². The van der Waals surface area contributed by atoms with Crippen molar-refractivity contribution in [1.29, 1.82) is 0 Å². The molecule has 3 aliphatic rings. The molecule has 3 fully saturated rings. The van der Waals surface area contributed by atoms with Crippen LogP contribution < -0.4 is 5.32 Å². The Labute approximate surface area is 141 Å². The molecule has 0 bridgehead atoms. The van der Waals surface area contributed by atoms with Crippen molar-refractivity contribution in [1.82, 2.24) is 10.2 Å². The van der Waals surface area contributed by atoms with E-state index in [1.807, 2.05) is 0 Å². The zero-order valence-electron chi connectivity index (χ0n) is 14.5. The summed E-state index contributed by atoms with van der Waals surface area (Å²) in [5.74, 6) is 2.45. The highest BCUT2D eigenvalue weighted by Gasteiger charge is 2.37. The van der Waals surface area contributed by atoms with Crippen molar-refractivity contribution >= 4 is 0 Å². The summed E-state index contributed by atoms with van der Waals surface area (Å²) in [6.45, 7) is 7.26. The van der Waals surface area contributed by atoms with Crippen LogP contribution in [0, 0.1) is 24.0 Å². The molecule has 0 radical (unpaired) electrons. The van der Waals surface area contributed by atoms with Crippen LogP contribution in [-0.2, 0) is 6.42 Å². The van der Waals surface area contributed by atoms with Gasteiger partial charge in [0.2, 0.25) is 0 Å². The SMILES string of the molecule is C[C@@H]1CCCN1CCc1c#cc(C2CCCC3CNCC32)cc1. The van der Waals surface area contributed by atoms with Crippen LogP contribution in [-0.4, -0.2) is 37.1 Å². The van der Waals surface area contributed by atoms with E-state index >= 15 is 0 Å². The maximum Gasteiger partial charge on any atom is 0.00675 e. The quantitative estimate of drug-likeness (QED) is 0.917. The summed E-state index contributed by atoms with van der Waals surface area (Å²) in [6.07, 6.45) is 8.01. The van der Waals surface area contributed by atoms with E-state index in [1.54, 1.807) is 0 Å². The first-order valence-electron chi connectivity index (χ1n) is 9.69. The van der Waals surface area contributed by atoms with Crippen molar-refractivity contribution in [2.45, 2.75) is 57.4 Å². The monoisotopic (exact) mass is 310 g/mol. The van der Waals surface area contributed by atoms with Crippen molar-refractivity contribution in [3.8, 4) is 0 Å². The van der Waals surface area contributed by atoms with Crippen LogP contribution >= 0.6 is 0 Å². The lowest BCUT2D eigenvalue weighted by atomic mass is 9.71. The van der Waals surface area contributed by atoms with E-state index in [-0.39, 0.29) is 0 Å². The molecule has 1 aromatic carbocycles. The third-order valence-corrected chi connectivity index (χ3v) is 6.59. The average Bonchev–Trinajstić information content (AvgIpc) is 3.22. The molecule has 1 saturated carbocycles. The van der Waals surface area contributed by atoms with Gasteiger partial charge in [-0.3, -0.25) is 0 Å². The molecular formula is C21H30N2. The molecule has 0 spiro atoms. The zero-order valence-corrected chi connectivity index (χ0v) is 14.5.